The number of amides is 1. The summed E-state index contributed by atoms with van der Waals surface area (Å²) in [6.45, 7) is 0.754. The molecule has 1 amide bonds. The molecule has 1 aliphatic heterocycles. The number of hydrogen-bond acceptors (Lipinski definition) is 1. The first-order chi connectivity index (χ1) is 11.4. The van der Waals surface area contributed by atoms with Crippen molar-refractivity contribution in [2.75, 3.05) is 13.1 Å². The zero-order valence-corrected chi connectivity index (χ0v) is 14.3. The van der Waals surface area contributed by atoms with Crippen molar-refractivity contribution in [1.82, 2.24) is 4.90 Å². The summed E-state index contributed by atoms with van der Waals surface area (Å²) in [5, 5.41) is 0. The molecular weight excluding hydrogens is 383 g/mol. The molecule has 2 nitrogen and oxygen atoms in total. The Hall–Kier alpha value is -1.82. The van der Waals surface area contributed by atoms with Gasteiger partial charge >= 0.3 is 6.18 Å². The van der Waals surface area contributed by atoms with Gasteiger partial charge in [0.05, 0.1) is 11.1 Å². The Morgan fingerprint density at radius 3 is 2.46 bits per heavy atom. The Kier molecular flexibility index (Phi) is 4.67. The van der Waals surface area contributed by atoms with Crippen LogP contribution < -0.4 is 0 Å². The number of likely N-dealkylation sites (tertiary alicyclic amines) is 1. The highest BCUT2D eigenvalue weighted by molar-refractivity contribution is 9.10. The van der Waals surface area contributed by atoms with Crippen LogP contribution >= 0.6 is 15.9 Å². The largest absolute Gasteiger partial charge is 0.416 e. The van der Waals surface area contributed by atoms with Gasteiger partial charge in [-0.2, -0.15) is 13.2 Å². The van der Waals surface area contributed by atoms with Gasteiger partial charge in [0, 0.05) is 23.5 Å². The van der Waals surface area contributed by atoms with Crippen LogP contribution in [0, 0.1) is 0 Å². The lowest BCUT2D eigenvalue weighted by atomic mass is 9.93. The third-order valence-corrected chi connectivity index (χ3v) is 4.98. The van der Waals surface area contributed by atoms with E-state index in [4.69, 9.17) is 0 Å². The maximum Gasteiger partial charge on any atom is 0.416 e. The number of benzene rings is 2. The molecule has 0 saturated carbocycles. The van der Waals surface area contributed by atoms with Gasteiger partial charge in [0.25, 0.3) is 5.91 Å². The normalized spacial score (nSPS) is 18.0. The lowest BCUT2D eigenvalue weighted by Crippen LogP contribution is -2.29. The maximum absolute atomic E-state index is 13.2. The summed E-state index contributed by atoms with van der Waals surface area (Å²) in [5.74, 6) is -0.455. The van der Waals surface area contributed by atoms with Gasteiger partial charge in [-0.15, -0.1) is 0 Å². The minimum Gasteiger partial charge on any atom is -0.338 e. The van der Waals surface area contributed by atoms with Crippen LogP contribution in [-0.4, -0.2) is 23.9 Å². The zero-order chi connectivity index (χ0) is 17.3. The van der Waals surface area contributed by atoms with Crippen molar-refractivity contribution in [2.24, 2.45) is 0 Å². The number of carbonyl (C=O) groups is 1. The van der Waals surface area contributed by atoms with Crippen LogP contribution in [0.3, 0.4) is 0 Å². The van der Waals surface area contributed by atoms with Gasteiger partial charge in [0.15, 0.2) is 0 Å². The van der Waals surface area contributed by atoms with E-state index >= 15 is 0 Å². The Morgan fingerprint density at radius 1 is 1.08 bits per heavy atom. The molecule has 1 saturated heterocycles. The van der Waals surface area contributed by atoms with Gasteiger partial charge < -0.3 is 4.90 Å². The highest BCUT2D eigenvalue weighted by atomic mass is 79.9. The molecule has 1 fully saturated rings. The zero-order valence-electron chi connectivity index (χ0n) is 12.7. The maximum atomic E-state index is 13.2. The van der Waals surface area contributed by atoms with Crippen LogP contribution in [0.15, 0.2) is 53.0 Å². The second-order valence-electron chi connectivity index (χ2n) is 5.80. The Labute approximate surface area is 146 Å². The van der Waals surface area contributed by atoms with E-state index in [1.54, 1.807) is 29.2 Å². The van der Waals surface area contributed by atoms with Crippen LogP contribution in [0.25, 0.3) is 0 Å². The molecule has 1 atom stereocenters. The molecule has 0 bridgehead atoms. The topological polar surface area (TPSA) is 20.3 Å². The second kappa shape index (κ2) is 6.59. The highest BCUT2D eigenvalue weighted by Gasteiger charge is 2.37. The van der Waals surface area contributed by atoms with Crippen molar-refractivity contribution in [1.29, 1.82) is 0 Å². The third-order valence-electron chi connectivity index (χ3n) is 4.29. The van der Waals surface area contributed by atoms with Crippen molar-refractivity contribution in [3.8, 4) is 0 Å². The smallest absolute Gasteiger partial charge is 0.338 e. The first kappa shape index (κ1) is 17.0. The standard InChI is InChI=1S/C18H15BrF3NO/c19-16-8-4-2-6-14(16)17(24)23-10-9-12(11-23)13-5-1-3-7-15(13)18(20,21)22/h1-8,12H,9-11H2. The average molecular weight is 398 g/mol. The lowest BCUT2D eigenvalue weighted by molar-refractivity contribution is -0.138. The van der Waals surface area contributed by atoms with E-state index in [1.807, 2.05) is 6.07 Å². The number of nitrogens with zero attached hydrogens (tertiary/aromatic N) is 1. The van der Waals surface area contributed by atoms with E-state index in [9.17, 15) is 18.0 Å². The molecule has 0 N–H and O–H groups in total. The molecule has 24 heavy (non-hydrogen) atoms. The molecule has 2 aromatic carbocycles. The molecule has 1 aliphatic rings. The van der Waals surface area contributed by atoms with Gasteiger partial charge in [0.2, 0.25) is 0 Å². The van der Waals surface area contributed by atoms with Gasteiger partial charge in [-0.1, -0.05) is 30.3 Å². The van der Waals surface area contributed by atoms with E-state index in [-0.39, 0.29) is 17.4 Å². The number of alkyl halides is 3. The summed E-state index contributed by atoms with van der Waals surface area (Å²) in [7, 11) is 0. The Bertz CT molecular complexity index is 760. The van der Waals surface area contributed by atoms with Crippen molar-refractivity contribution in [3.05, 3.63) is 69.7 Å². The summed E-state index contributed by atoms with van der Waals surface area (Å²) < 4.78 is 40.3. The predicted molar refractivity (Wildman–Crippen MR) is 88.8 cm³/mol. The Balaban J connectivity index is 1.82. The van der Waals surface area contributed by atoms with Crippen molar-refractivity contribution in [2.45, 2.75) is 18.5 Å². The van der Waals surface area contributed by atoms with Gasteiger partial charge in [0.1, 0.15) is 0 Å². The summed E-state index contributed by atoms with van der Waals surface area (Å²) in [4.78, 5) is 14.2. The lowest BCUT2D eigenvalue weighted by Gasteiger charge is -2.19. The molecule has 1 heterocycles. The van der Waals surface area contributed by atoms with Gasteiger partial charge in [-0.05, 0) is 46.1 Å². The van der Waals surface area contributed by atoms with E-state index in [1.165, 1.54) is 12.1 Å². The molecule has 0 aromatic heterocycles. The quantitative estimate of drug-likeness (QED) is 0.690. The van der Waals surface area contributed by atoms with Gasteiger partial charge in [-0.25, -0.2) is 0 Å². The fraction of sp³-hybridized carbons (Fsp3) is 0.278. The molecule has 0 radical (unpaired) electrons. The molecular formula is C18H15BrF3NO. The van der Waals surface area contributed by atoms with Crippen LogP contribution in [-0.2, 0) is 6.18 Å². The number of rotatable bonds is 2. The molecule has 1 unspecified atom stereocenters. The SMILES string of the molecule is O=C(c1ccccc1Br)N1CCC(c2ccccc2C(F)(F)F)C1. The van der Waals surface area contributed by atoms with E-state index < -0.39 is 11.7 Å². The molecule has 3 rings (SSSR count). The molecule has 0 spiro atoms. The summed E-state index contributed by atoms with van der Waals surface area (Å²) in [6.07, 6.45) is -3.85. The first-order valence-electron chi connectivity index (χ1n) is 7.58. The van der Waals surface area contributed by atoms with Crippen LogP contribution in [0.1, 0.15) is 33.8 Å². The monoisotopic (exact) mass is 397 g/mol. The first-order valence-corrected chi connectivity index (χ1v) is 8.37. The van der Waals surface area contributed by atoms with Crippen LogP contribution in [0.5, 0.6) is 0 Å². The molecule has 2 aromatic rings. The molecule has 0 aliphatic carbocycles. The minimum atomic E-state index is -4.38. The fourth-order valence-corrected chi connectivity index (χ4v) is 3.57. The Morgan fingerprint density at radius 2 is 1.75 bits per heavy atom. The van der Waals surface area contributed by atoms with Crippen LogP contribution in [0.2, 0.25) is 0 Å². The van der Waals surface area contributed by atoms with E-state index in [0.717, 1.165) is 6.07 Å². The minimum absolute atomic E-state index is 0.158. The predicted octanol–water partition coefficient (Wildman–Crippen LogP) is 5.10. The number of carbonyl (C=O) groups excluding carboxylic acids is 1. The number of halogens is 4. The fourth-order valence-electron chi connectivity index (χ4n) is 3.11. The third kappa shape index (κ3) is 3.34. The molecule has 6 heteroatoms. The summed E-state index contributed by atoms with van der Waals surface area (Å²) >= 11 is 3.35. The summed E-state index contributed by atoms with van der Waals surface area (Å²) in [6, 6.07) is 12.7. The number of hydrogen-bond donors (Lipinski definition) is 0. The van der Waals surface area contributed by atoms with Crippen molar-refractivity contribution in [3.63, 3.8) is 0 Å². The van der Waals surface area contributed by atoms with Crippen molar-refractivity contribution >= 4 is 21.8 Å². The average Bonchev–Trinajstić information content (AvgIpc) is 3.04. The van der Waals surface area contributed by atoms with Gasteiger partial charge in [-0.3, -0.25) is 4.79 Å². The van der Waals surface area contributed by atoms with Crippen LogP contribution in [0.4, 0.5) is 13.2 Å². The highest BCUT2D eigenvalue weighted by Crippen LogP contribution is 2.38. The van der Waals surface area contributed by atoms with E-state index in [2.05, 4.69) is 15.9 Å². The van der Waals surface area contributed by atoms with E-state index in [0.29, 0.717) is 29.5 Å². The van der Waals surface area contributed by atoms with Crippen molar-refractivity contribution < 1.29 is 18.0 Å². The summed E-state index contributed by atoms with van der Waals surface area (Å²) in [5.41, 5.74) is 0.194. The molecule has 126 valence electrons. The second-order valence-corrected chi connectivity index (χ2v) is 6.66.